The van der Waals surface area contributed by atoms with Gasteiger partial charge in [-0.25, -0.2) is 4.90 Å². The number of para-hydroxylation sites is 1. The van der Waals surface area contributed by atoms with Gasteiger partial charge in [0.15, 0.2) is 0 Å². The number of rotatable bonds is 5. The molecular formula is C28H20ClN3O5S2. The molecule has 1 fully saturated rings. The number of carbonyl (C=O) groups excluding carboxylic acids is 3. The first-order valence-corrected chi connectivity index (χ1v) is 14.1. The van der Waals surface area contributed by atoms with Crippen LogP contribution in [0, 0.1) is 5.92 Å². The van der Waals surface area contributed by atoms with Gasteiger partial charge in [-0.05, 0) is 54.1 Å². The molecule has 0 radical (unpaired) electrons. The lowest BCUT2D eigenvalue weighted by Crippen LogP contribution is -2.33. The van der Waals surface area contributed by atoms with Crippen molar-refractivity contribution in [3.8, 4) is 5.75 Å². The first-order valence-electron chi connectivity index (χ1n) is 12.0. The van der Waals surface area contributed by atoms with Crippen molar-refractivity contribution in [2.75, 3.05) is 10.2 Å². The number of nitrogens with one attached hydrogen (secondary N) is 1. The van der Waals surface area contributed by atoms with Gasteiger partial charge in [0.1, 0.15) is 17.5 Å². The third kappa shape index (κ3) is 4.54. The summed E-state index contributed by atoms with van der Waals surface area (Å²) in [5.41, 5.74) is 1.72. The van der Waals surface area contributed by atoms with Crippen LogP contribution in [0.15, 0.2) is 88.7 Å². The average molecular weight is 578 g/mol. The fourth-order valence-electron chi connectivity index (χ4n) is 5.01. The van der Waals surface area contributed by atoms with Crippen LogP contribution in [-0.4, -0.2) is 32.6 Å². The number of thiazole rings is 1. The summed E-state index contributed by atoms with van der Waals surface area (Å²) in [7, 11) is 0. The molecule has 3 heterocycles. The number of nitrogens with zero attached hydrogens (tertiary/aromatic N) is 2. The molecule has 1 saturated heterocycles. The maximum Gasteiger partial charge on any atom is 0.308 e. The SMILES string of the molecule is O=C(Cn1c2c(sc1=O)[C@@H](c1ccc(Cl)cc1)[C@@H]1C(=O)N(c3ccccc3)C(=O)[C@@H]1S2)Nc1ccc(O)cc1. The van der Waals surface area contributed by atoms with Gasteiger partial charge in [-0.1, -0.05) is 65.0 Å². The molecule has 39 heavy (non-hydrogen) atoms. The van der Waals surface area contributed by atoms with Gasteiger partial charge in [-0.15, -0.1) is 0 Å². The molecule has 1 aromatic heterocycles. The molecule has 3 amide bonds. The summed E-state index contributed by atoms with van der Waals surface area (Å²) in [5, 5.41) is 12.5. The van der Waals surface area contributed by atoms with Crippen LogP contribution in [0.25, 0.3) is 0 Å². The Morgan fingerprint density at radius 1 is 0.923 bits per heavy atom. The third-order valence-corrected chi connectivity index (χ3v) is 9.60. The highest BCUT2D eigenvalue weighted by molar-refractivity contribution is 8.00. The minimum Gasteiger partial charge on any atom is -0.508 e. The molecule has 0 saturated carbocycles. The normalized spacial score (nSPS) is 20.0. The fourth-order valence-corrected chi connectivity index (χ4v) is 7.90. The Balaban J connectivity index is 1.40. The van der Waals surface area contributed by atoms with Crippen molar-refractivity contribution in [2.24, 2.45) is 5.92 Å². The number of thioether (sulfide) groups is 1. The molecule has 196 valence electrons. The number of carbonyl (C=O) groups is 3. The van der Waals surface area contributed by atoms with E-state index in [4.69, 9.17) is 11.6 Å². The molecule has 2 aliphatic heterocycles. The molecule has 11 heteroatoms. The molecule has 2 N–H and O–H groups in total. The molecule has 0 unspecified atom stereocenters. The van der Waals surface area contributed by atoms with Crippen molar-refractivity contribution in [3.63, 3.8) is 0 Å². The van der Waals surface area contributed by atoms with Crippen LogP contribution < -0.4 is 15.1 Å². The van der Waals surface area contributed by atoms with Crippen LogP contribution in [0.5, 0.6) is 5.75 Å². The van der Waals surface area contributed by atoms with Crippen molar-refractivity contribution in [1.29, 1.82) is 0 Å². The Morgan fingerprint density at radius 3 is 2.31 bits per heavy atom. The molecule has 3 aromatic carbocycles. The van der Waals surface area contributed by atoms with Crippen LogP contribution in [0.2, 0.25) is 5.02 Å². The van der Waals surface area contributed by atoms with E-state index in [2.05, 4.69) is 5.32 Å². The van der Waals surface area contributed by atoms with Crippen LogP contribution in [0.3, 0.4) is 0 Å². The Hall–Kier alpha value is -3.86. The average Bonchev–Trinajstić information content (AvgIpc) is 3.37. The zero-order valence-electron chi connectivity index (χ0n) is 20.1. The number of hydrogen-bond donors (Lipinski definition) is 2. The van der Waals surface area contributed by atoms with E-state index in [9.17, 15) is 24.3 Å². The summed E-state index contributed by atoms with van der Waals surface area (Å²) in [6.45, 7) is -0.270. The number of anilines is 2. The molecule has 8 nitrogen and oxygen atoms in total. The number of imide groups is 1. The van der Waals surface area contributed by atoms with Crippen molar-refractivity contribution >= 4 is 63.8 Å². The first-order chi connectivity index (χ1) is 18.8. The molecule has 4 aromatic rings. The summed E-state index contributed by atoms with van der Waals surface area (Å²) in [5.74, 6) is -2.35. The van der Waals surface area contributed by atoms with Crippen LogP contribution >= 0.6 is 34.7 Å². The van der Waals surface area contributed by atoms with E-state index in [0.717, 1.165) is 28.7 Å². The maximum absolute atomic E-state index is 13.8. The largest absolute Gasteiger partial charge is 0.508 e. The monoisotopic (exact) mass is 577 g/mol. The van der Waals surface area contributed by atoms with Gasteiger partial charge in [-0.2, -0.15) is 0 Å². The predicted molar refractivity (Wildman–Crippen MR) is 151 cm³/mol. The molecule has 0 aliphatic carbocycles. The maximum atomic E-state index is 13.8. The summed E-state index contributed by atoms with van der Waals surface area (Å²) in [6, 6.07) is 21.8. The number of hydrogen-bond acceptors (Lipinski definition) is 7. The minimum absolute atomic E-state index is 0.0654. The van der Waals surface area contributed by atoms with E-state index < -0.39 is 23.0 Å². The lowest BCUT2D eigenvalue weighted by Gasteiger charge is -2.30. The smallest absolute Gasteiger partial charge is 0.308 e. The summed E-state index contributed by atoms with van der Waals surface area (Å²) < 4.78 is 1.36. The molecule has 3 atom stereocenters. The minimum atomic E-state index is -0.772. The van der Waals surface area contributed by atoms with Crippen molar-refractivity contribution in [1.82, 2.24) is 4.57 Å². The Labute approximate surface area is 235 Å². The number of fused-ring (bicyclic) bond motifs is 2. The Bertz CT molecular complexity index is 1650. The molecule has 6 rings (SSSR count). The summed E-state index contributed by atoms with van der Waals surface area (Å²) in [6.07, 6.45) is 0. The van der Waals surface area contributed by atoms with Gasteiger partial charge in [0.25, 0.3) is 0 Å². The number of aromatic hydroxyl groups is 1. The predicted octanol–water partition coefficient (Wildman–Crippen LogP) is 4.70. The highest BCUT2D eigenvalue weighted by Crippen LogP contribution is 2.53. The van der Waals surface area contributed by atoms with Gasteiger partial charge < -0.3 is 10.4 Å². The van der Waals surface area contributed by atoms with Crippen molar-refractivity contribution in [3.05, 3.63) is 104 Å². The van der Waals surface area contributed by atoms with Crippen molar-refractivity contribution < 1.29 is 19.5 Å². The van der Waals surface area contributed by atoms with Crippen LogP contribution in [0.4, 0.5) is 11.4 Å². The van der Waals surface area contributed by atoms with Crippen LogP contribution in [-0.2, 0) is 20.9 Å². The first kappa shape index (κ1) is 25.4. The number of phenolic OH excluding ortho intramolecular Hbond substituents is 1. The lowest BCUT2D eigenvalue weighted by molar-refractivity contribution is -0.122. The van der Waals surface area contributed by atoms with E-state index in [1.165, 1.54) is 21.6 Å². The summed E-state index contributed by atoms with van der Waals surface area (Å²) >= 11 is 8.28. The second-order valence-electron chi connectivity index (χ2n) is 9.16. The molecular weight excluding hydrogens is 558 g/mol. The standard InChI is InChI=1S/C28H20ClN3O5S2/c29-16-8-6-15(7-9-16)21-22-23(26(36)32(25(22)35)18-4-2-1-3-5-18)38-27-24(21)39-28(37)31(27)14-20(34)30-17-10-12-19(33)13-11-17/h1-13,21-23,33H,14H2,(H,30,34)/t21-,22-,23+/m0/s1. The molecule has 0 bridgehead atoms. The summed E-state index contributed by atoms with van der Waals surface area (Å²) in [4.78, 5) is 55.1. The van der Waals surface area contributed by atoms with Gasteiger partial charge in [-0.3, -0.25) is 23.7 Å². The van der Waals surface area contributed by atoms with E-state index in [1.54, 1.807) is 60.7 Å². The Morgan fingerprint density at radius 2 is 1.62 bits per heavy atom. The number of halogens is 1. The van der Waals surface area contributed by atoms with Crippen LogP contribution in [0.1, 0.15) is 16.4 Å². The van der Waals surface area contributed by atoms with E-state index in [1.807, 2.05) is 6.07 Å². The van der Waals surface area contributed by atoms with Gasteiger partial charge in [0, 0.05) is 21.5 Å². The number of aromatic nitrogens is 1. The molecule has 0 spiro atoms. The highest BCUT2D eigenvalue weighted by atomic mass is 35.5. The second kappa shape index (κ2) is 10.0. The lowest BCUT2D eigenvalue weighted by atomic mass is 9.83. The van der Waals surface area contributed by atoms with E-state index in [-0.39, 0.29) is 29.0 Å². The number of benzene rings is 3. The topological polar surface area (TPSA) is 109 Å². The van der Waals surface area contributed by atoms with Gasteiger partial charge in [0.05, 0.1) is 16.6 Å². The number of phenols is 1. The Kier molecular flexibility index (Phi) is 6.54. The highest BCUT2D eigenvalue weighted by Gasteiger charge is 2.56. The fraction of sp³-hybridized carbons (Fsp3) is 0.143. The van der Waals surface area contributed by atoms with Gasteiger partial charge >= 0.3 is 4.87 Å². The quantitative estimate of drug-likeness (QED) is 0.263. The van der Waals surface area contributed by atoms with E-state index in [0.29, 0.717) is 26.3 Å². The number of amides is 3. The third-order valence-electron chi connectivity index (χ3n) is 6.75. The van der Waals surface area contributed by atoms with E-state index >= 15 is 0 Å². The zero-order chi connectivity index (χ0) is 27.3. The second-order valence-corrected chi connectivity index (χ2v) is 11.7. The van der Waals surface area contributed by atoms with Gasteiger partial charge in [0.2, 0.25) is 17.7 Å². The molecule has 2 aliphatic rings. The zero-order valence-corrected chi connectivity index (χ0v) is 22.5. The van der Waals surface area contributed by atoms with Crippen molar-refractivity contribution in [2.45, 2.75) is 22.7 Å².